The maximum Gasteiger partial charge on any atom is 0.287 e. The van der Waals surface area contributed by atoms with E-state index in [1.807, 2.05) is 24.3 Å². The summed E-state index contributed by atoms with van der Waals surface area (Å²) >= 11 is 6.13. The zero-order valence-corrected chi connectivity index (χ0v) is 13.4. The van der Waals surface area contributed by atoms with Crippen LogP contribution in [0.15, 0.2) is 46.9 Å². The van der Waals surface area contributed by atoms with Gasteiger partial charge in [0.2, 0.25) is 0 Å². The van der Waals surface area contributed by atoms with E-state index in [9.17, 15) is 4.79 Å². The molecule has 2 aromatic carbocycles. The van der Waals surface area contributed by atoms with Crippen LogP contribution in [-0.2, 0) is 17.9 Å². The fraction of sp³-hybridized carbons (Fsp3) is 0.167. The SMILES string of the molecule is O=C(NCc1cc(Cl)cc2c1OCOC2)c1cc2ccccc2o1. The van der Waals surface area contributed by atoms with Crippen LogP contribution in [0.5, 0.6) is 5.75 Å². The molecule has 4 rings (SSSR count). The maximum atomic E-state index is 12.3. The molecule has 3 aromatic rings. The Labute approximate surface area is 143 Å². The summed E-state index contributed by atoms with van der Waals surface area (Å²) in [7, 11) is 0. The number of carbonyl (C=O) groups is 1. The summed E-state index contributed by atoms with van der Waals surface area (Å²) in [6, 6.07) is 12.8. The van der Waals surface area contributed by atoms with Crippen LogP contribution in [0.4, 0.5) is 0 Å². The minimum absolute atomic E-state index is 0.194. The molecule has 1 aliphatic heterocycles. The van der Waals surface area contributed by atoms with Crippen molar-refractivity contribution in [2.24, 2.45) is 0 Å². The second kappa shape index (κ2) is 6.19. The van der Waals surface area contributed by atoms with Crippen molar-refractivity contribution in [2.75, 3.05) is 6.79 Å². The number of ether oxygens (including phenoxy) is 2. The third kappa shape index (κ3) is 2.84. The number of halogens is 1. The van der Waals surface area contributed by atoms with Gasteiger partial charge in [-0.2, -0.15) is 0 Å². The van der Waals surface area contributed by atoms with Crippen LogP contribution in [-0.4, -0.2) is 12.7 Å². The van der Waals surface area contributed by atoms with Crippen molar-refractivity contribution in [2.45, 2.75) is 13.2 Å². The summed E-state index contributed by atoms with van der Waals surface area (Å²) in [5, 5.41) is 4.31. The van der Waals surface area contributed by atoms with E-state index in [4.69, 9.17) is 25.5 Å². The molecule has 0 saturated heterocycles. The average Bonchev–Trinajstić information content (AvgIpc) is 3.03. The number of hydrogen-bond acceptors (Lipinski definition) is 4. The first-order valence-corrected chi connectivity index (χ1v) is 7.87. The predicted octanol–water partition coefficient (Wildman–Crippen LogP) is 3.88. The summed E-state index contributed by atoms with van der Waals surface area (Å²) in [6.07, 6.45) is 0. The van der Waals surface area contributed by atoms with Crippen molar-refractivity contribution in [3.8, 4) is 5.75 Å². The van der Waals surface area contributed by atoms with E-state index >= 15 is 0 Å². The molecule has 24 heavy (non-hydrogen) atoms. The molecule has 6 heteroatoms. The fourth-order valence-electron chi connectivity index (χ4n) is 2.74. The monoisotopic (exact) mass is 343 g/mol. The second-order valence-electron chi connectivity index (χ2n) is 5.49. The van der Waals surface area contributed by atoms with Crippen molar-refractivity contribution in [3.63, 3.8) is 0 Å². The van der Waals surface area contributed by atoms with E-state index in [0.29, 0.717) is 23.8 Å². The minimum atomic E-state index is -0.285. The summed E-state index contributed by atoms with van der Waals surface area (Å²) in [5.41, 5.74) is 2.37. The number of hydrogen-bond donors (Lipinski definition) is 1. The summed E-state index contributed by atoms with van der Waals surface area (Å²) in [6.45, 7) is 0.929. The van der Waals surface area contributed by atoms with Gasteiger partial charge in [-0.15, -0.1) is 0 Å². The van der Waals surface area contributed by atoms with Gasteiger partial charge in [0, 0.05) is 28.1 Å². The quantitative estimate of drug-likeness (QED) is 0.784. The third-order valence-corrected chi connectivity index (χ3v) is 4.06. The van der Waals surface area contributed by atoms with E-state index in [-0.39, 0.29) is 18.5 Å². The number of nitrogens with one attached hydrogen (secondary N) is 1. The van der Waals surface area contributed by atoms with E-state index in [1.165, 1.54) is 0 Å². The number of fused-ring (bicyclic) bond motifs is 2. The highest BCUT2D eigenvalue weighted by Gasteiger charge is 2.18. The Bertz CT molecular complexity index is 886. The topological polar surface area (TPSA) is 60.7 Å². The van der Waals surface area contributed by atoms with Gasteiger partial charge in [-0.1, -0.05) is 29.8 Å². The van der Waals surface area contributed by atoms with Crippen molar-refractivity contribution < 1.29 is 18.7 Å². The van der Waals surface area contributed by atoms with Gasteiger partial charge in [-0.3, -0.25) is 4.79 Å². The Hall–Kier alpha value is -2.50. The third-order valence-electron chi connectivity index (χ3n) is 3.84. The lowest BCUT2D eigenvalue weighted by atomic mass is 10.1. The first-order valence-electron chi connectivity index (χ1n) is 7.49. The van der Waals surface area contributed by atoms with E-state index in [0.717, 1.165) is 22.3 Å². The normalized spacial score (nSPS) is 13.4. The van der Waals surface area contributed by atoms with Crippen LogP contribution in [0.2, 0.25) is 5.02 Å². The first kappa shape index (κ1) is 15.1. The Morgan fingerprint density at radius 2 is 2.08 bits per heavy atom. The standard InChI is InChI=1S/C18H14ClNO4/c19-14-5-12(17-13(6-14)9-22-10-23-17)8-20-18(21)16-7-11-3-1-2-4-15(11)24-16/h1-7H,8-10H2,(H,20,21). The van der Waals surface area contributed by atoms with Crippen molar-refractivity contribution in [1.29, 1.82) is 0 Å². The molecule has 0 fully saturated rings. The molecule has 0 saturated carbocycles. The lowest BCUT2D eigenvalue weighted by molar-refractivity contribution is -0.0170. The predicted molar refractivity (Wildman–Crippen MR) is 89.1 cm³/mol. The molecule has 0 bridgehead atoms. The van der Waals surface area contributed by atoms with Gasteiger partial charge in [0.1, 0.15) is 11.3 Å². The molecule has 122 valence electrons. The minimum Gasteiger partial charge on any atom is -0.467 e. The Balaban J connectivity index is 1.54. The number of benzene rings is 2. The van der Waals surface area contributed by atoms with Gasteiger partial charge >= 0.3 is 0 Å². The highest BCUT2D eigenvalue weighted by atomic mass is 35.5. The molecule has 2 heterocycles. The van der Waals surface area contributed by atoms with Crippen molar-refractivity contribution in [3.05, 3.63) is 64.4 Å². The van der Waals surface area contributed by atoms with Crippen LogP contribution >= 0.6 is 11.6 Å². The largest absolute Gasteiger partial charge is 0.467 e. The van der Waals surface area contributed by atoms with Crippen LogP contribution < -0.4 is 10.1 Å². The molecule has 1 aromatic heterocycles. The molecule has 0 atom stereocenters. The van der Waals surface area contributed by atoms with Gasteiger partial charge in [-0.05, 0) is 24.3 Å². The Kier molecular flexibility index (Phi) is 3.88. The van der Waals surface area contributed by atoms with E-state index < -0.39 is 0 Å². The van der Waals surface area contributed by atoms with Gasteiger partial charge in [-0.25, -0.2) is 0 Å². The zero-order valence-electron chi connectivity index (χ0n) is 12.7. The number of amides is 1. The van der Waals surface area contributed by atoms with Gasteiger partial charge < -0.3 is 19.2 Å². The zero-order chi connectivity index (χ0) is 16.5. The molecular weight excluding hydrogens is 330 g/mol. The Morgan fingerprint density at radius 1 is 1.21 bits per heavy atom. The van der Waals surface area contributed by atoms with Crippen LogP contribution in [0.1, 0.15) is 21.7 Å². The number of para-hydroxylation sites is 1. The van der Waals surface area contributed by atoms with Gasteiger partial charge in [0.15, 0.2) is 12.6 Å². The lowest BCUT2D eigenvalue weighted by Gasteiger charge is -2.21. The first-order chi connectivity index (χ1) is 11.7. The smallest absolute Gasteiger partial charge is 0.287 e. The lowest BCUT2D eigenvalue weighted by Crippen LogP contribution is -2.23. The molecule has 0 aliphatic carbocycles. The average molecular weight is 344 g/mol. The molecule has 5 nitrogen and oxygen atoms in total. The van der Waals surface area contributed by atoms with Crippen LogP contribution in [0.25, 0.3) is 11.0 Å². The number of carbonyl (C=O) groups excluding carboxylic acids is 1. The number of rotatable bonds is 3. The fourth-order valence-corrected chi connectivity index (χ4v) is 3.01. The molecule has 0 radical (unpaired) electrons. The summed E-state index contributed by atoms with van der Waals surface area (Å²) in [4.78, 5) is 12.3. The molecule has 1 amide bonds. The highest BCUT2D eigenvalue weighted by Crippen LogP contribution is 2.31. The van der Waals surface area contributed by atoms with Gasteiger partial charge in [0.05, 0.1) is 6.61 Å². The second-order valence-corrected chi connectivity index (χ2v) is 5.93. The molecule has 1 aliphatic rings. The van der Waals surface area contributed by atoms with Crippen molar-refractivity contribution >= 4 is 28.5 Å². The van der Waals surface area contributed by atoms with Crippen molar-refractivity contribution in [1.82, 2.24) is 5.32 Å². The molecule has 0 spiro atoms. The maximum absolute atomic E-state index is 12.3. The number of furan rings is 1. The van der Waals surface area contributed by atoms with Crippen LogP contribution in [0.3, 0.4) is 0 Å². The van der Waals surface area contributed by atoms with E-state index in [2.05, 4.69) is 5.32 Å². The molecule has 0 unspecified atom stereocenters. The van der Waals surface area contributed by atoms with Gasteiger partial charge in [0.25, 0.3) is 5.91 Å². The highest BCUT2D eigenvalue weighted by molar-refractivity contribution is 6.30. The molecule has 1 N–H and O–H groups in total. The van der Waals surface area contributed by atoms with E-state index in [1.54, 1.807) is 18.2 Å². The molecular formula is C18H14ClNO4. The Morgan fingerprint density at radius 3 is 2.96 bits per heavy atom. The van der Waals surface area contributed by atoms with Crippen LogP contribution in [0, 0.1) is 0 Å². The summed E-state index contributed by atoms with van der Waals surface area (Å²) < 4.78 is 16.4. The summed E-state index contributed by atoms with van der Waals surface area (Å²) in [5.74, 6) is 0.707.